The summed E-state index contributed by atoms with van der Waals surface area (Å²) in [6.07, 6.45) is 5.60. The standard InChI is InChI=1S/C25H33N5O/c1-4-26-25(28-14-12-21-11-10-20(2)23(18-21)31-3)29-15-13-24-27-16-17-30(24)19-22-8-6-5-7-9-22/h5-11,16-18H,4,12-15,19H2,1-3H3,(H2,26,28,29). The molecule has 0 radical (unpaired) electrons. The normalized spacial score (nSPS) is 11.4. The van der Waals surface area contributed by atoms with Gasteiger partial charge < -0.3 is 19.9 Å². The van der Waals surface area contributed by atoms with E-state index >= 15 is 0 Å². The fourth-order valence-corrected chi connectivity index (χ4v) is 3.45. The minimum absolute atomic E-state index is 0.680. The molecule has 0 aliphatic heterocycles. The second-order valence-corrected chi connectivity index (χ2v) is 7.45. The van der Waals surface area contributed by atoms with Gasteiger partial charge in [-0.3, -0.25) is 4.99 Å². The third-order valence-corrected chi connectivity index (χ3v) is 5.13. The first-order valence-electron chi connectivity index (χ1n) is 10.9. The summed E-state index contributed by atoms with van der Waals surface area (Å²) in [5, 5.41) is 6.75. The molecule has 0 unspecified atom stereocenters. The number of hydrogen-bond acceptors (Lipinski definition) is 3. The van der Waals surface area contributed by atoms with Crippen LogP contribution < -0.4 is 15.4 Å². The molecule has 0 fully saturated rings. The van der Waals surface area contributed by atoms with Crippen LogP contribution in [0.4, 0.5) is 0 Å². The predicted molar refractivity (Wildman–Crippen MR) is 127 cm³/mol. The molecule has 1 heterocycles. The van der Waals surface area contributed by atoms with Crippen molar-refractivity contribution in [2.24, 2.45) is 4.99 Å². The second-order valence-electron chi connectivity index (χ2n) is 7.45. The molecule has 2 aromatic carbocycles. The lowest BCUT2D eigenvalue weighted by atomic mass is 10.1. The van der Waals surface area contributed by atoms with Gasteiger partial charge in [-0.25, -0.2) is 4.98 Å². The van der Waals surface area contributed by atoms with E-state index in [1.165, 1.54) is 11.1 Å². The van der Waals surface area contributed by atoms with Crippen molar-refractivity contribution >= 4 is 5.96 Å². The molecule has 0 aliphatic rings. The summed E-state index contributed by atoms with van der Waals surface area (Å²) in [5.41, 5.74) is 3.67. The maximum Gasteiger partial charge on any atom is 0.191 e. The Kier molecular flexibility index (Phi) is 8.52. The number of ether oxygens (including phenoxy) is 1. The number of benzene rings is 2. The van der Waals surface area contributed by atoms with Crippen LogP contribution in [-0.2, 0) is 19.4 Å². The number of imidazole rings is 1. The van der Waals surface area contributed by atoms with E-state index in [1.54, 1.807) is 7.11 Å². The molecule has 0 spiro atoms. The summed E-state index contributed by atoms with van der Waals surface area (Å²) in [5.74, 6) is 2.82. The van der Waals surface area contributed by atoms with Crippen molar-refractivity contribution in [2.75, 3.05) is 26.7 Å². The number of aryl methyl sites for hydroxylation is 1. The van der Waals surface area contributed by atoms with Crippen LogP contribution in [0, 0.1) is 6.92 Å². The van der Waals surface area contributed by atoms with E-state index in [1.807, 2.05) is 18.5 Å². The van der Waals surface area contributed by atoms with Crippen molar-refractivity contribution < 1.29 is 4.74 Å². The quantitative estimate of drug-likeness (QED) is 0.389. The van der Waals surface area contributed by atoms with Gasteiger partial charge in [0.2, 0.25) is 0 Å². The first-order valence-corrected chi connectivity index (χ1v) is 10.9. The molecule has 31 heavy (non-hydrogen) atoms. The molecule has 6 nitrogen and oxygen atoms in total. The molecule has 0 saturated carbocycles. The van der Waals surface area contributed by atoms with Crippen molar-refractivity contribution in [3.63, 3.8) is 0 Å². The lowest BCUT2D eigenvalue weighted by Gasteiger charge is -2.12. The molecule has 0 bridgehead atoms. The number of nitrogens with zero attached hydrogens (tertiary/aromatic N) is 3. The highest BCUT2D eigenvalue weighted by atomic mass is 16.5. The van der Waals surface area contributed by atoms with Crippen LogP contribution in [0.1, 0.15) is 29.4 Å². The van der Waals surface area contributed by atoms with E-state index in [-0.39, 0.29) is 0 Å². The molecule has 164 valence electrons. The summed E-state index contributed by atoms with van der Waals surface area (Å²) < 4.78 is 7.61. The number of rotatable bonds is 10. The Labute approximate surface area is 185 Å². The number of hydrogen-bond donors (Lipinski definition) is 2. The predicted octanol–water partition coefficient (Wildman–Crippen LogP) is 3.59. The first-order chi connectivity index (χ1) is 15.2. The highest BCUT2D eigenvalue weighted by Gasteiger charge is 2.05. The maximum absolute atomic E-state index is 5.42. The number of aliphatic imine (C=N–C) groups is 1. The van der Waals surface area contributed by atoms with Crippen LogP contribution in [0.25, 0.3) is 0 Å². The van der Waals surface area contributed by atoms with Crippen LogP contribution in [0.15, 0.2) is 65.9 Å². The smallest absolute Gasteiger partial charge is 0.191 e. The minimum atomic E-state index is 0.680. The van der Waals surface area contributed by atoms with Gasteiger partial charge >= 0.3 is 0 Å². The molecule has 3 rings (SSSR count). The molecule has 0 atom stereocenters. The Bertz CT molecular complexity index is 965. The number of guanidine groups is 1. The van der Waals surface area contributed by atoms with Gasteiger partial charge in [0.05, 0.1) is 7.11 Å². The Morgan fingerprint density at radius 3 is 2.68 bits per heavy atom. The zero-order chi connectivity index (χ0) is 21.9. The molecule has 0 saturated heterocycles. The van der Waals surface area contributed by atoms with Crippen LogP contribution in [-0.4, -0.2) is 42.3 Å². The molecular formula is C25H33N5O. The van der Waals surface area contributed by atoms with Crippen LogP contribution in [0.5, 0.6) is 5.75 Å². The van der Waals surface area contributed by atoms with Crippen molar-refractivity contribution in [3.8, 4) is 5.75 Å². The molecule has 3 aromatic rings. The second kappa shape index (κ2) is 11.8. The van der Waals surface area contributed by atoms with Gasteiger partial charge in [-0.1, -0.05) is 42.5 Å². The summed E-state index contributed by atoms with van der Waals surface area (Å²) in [4.78, 5) is 9.25. The molecular weight excluding hydrogens is 386 g/mol. The van der Waals surface area contributed by atoms with Crippen LogP contribution in [0.3, 0.4) is 0 Å². The highest BCUT2D eigenvalue weighted by molar-refractivity contribution is 5.79. The van der Waals surface area contributed by atoms with Gasteiger partial charge in [0.1, 0.15) is 11.6 Å². The third-order valence-electron chi connectivity index (χ3n) is 5.13. The van der Waals surface area contributed by atoms with Crippen molar-refractivity contribution in [2.45, 2.75) is 33.2 Å². The Hall–Kier alpha value is -3.28. The van der Waals surface area contributed by atoms with E-state index in [2.05, 4.69) is 76.5 Å². The van der Waals surface area contributed by atoms with Gasteiger partial charge in [0.25, 0.3) is 0 Å². The fourth-order valence-electron chi connectivity index (χ4n) is 3.45. The van der Waals surface area contributed by atoms with Crippen LogP contribution in [0.2, 0.25) is 0 Å². The minimum Gasteiger partial charge on any atom is -0.496 e. The number of nitrogens with one attached hydrogen (secondary N) is 2. The topological polar surface area (TPSA) is 63.5 Å². The number of methoxy groups -OCH3 is 1. The summed E-state index contributed by atoms with van der Waals surface area (Å²) in [6, 6.07) is 16.8. The van der Waals surface area contributed by atoms with Gasteiger partial charge in [0.15, 0.2) is 5.96 Å². The zero-order valence-corrected chi connectivity index (χ0v) is 18.8. The molecule has 2 N–H and O–H groups in total. The van der Waals surface area contributed by atoms with Crippen LogP contribution >= 0.6 is 0 Å². The zero-order valence-electron chi connectivity index (χ0n) is 18.8. The summed E-state index contributed by atoms with van der Waals surface area (Å²) in [7, 11) is 1.71. The average molecular weight is 420 g/mol. The van der Waals surface area contributed by atoms with E-state index in [0.717, 1.165) is 55.6 Å². The number of aromatic nitrogens is 2. The lowest BCUT2D eigenvalue weighted by Crippen LogP contribution is -2.38. The highest BCUT2D eigenvalue weighted by Crippen LogP contribution is 2.19. The third kappa shape index (κ3) is 6.88. The Morgan fingerprint density at radius 1 is 1.06 bits per heavy atom. The molecule has 6 heteroatoms. The van der Waals surface area contributed by atoms with Crippen molar-refractivity contribution in [1.29, 1.82) is 0 Å². The van der Waals surface area contributed by atoms with Gasteiger partial charge in [-0.15, -0.1) is 0 Å². The van der Waals surface area contributed by atoms with E-state index in [9.17, 15) is 0 Å². The fraction of sp³-hybridized carbons (Fsp3) is 0.360. The van der Waals surface area contributed by atoms with Crippen molar-refractivity contribution in [1.82, 2.24) is 20.2 Å². The molecule has 1 aromatic heterocycles. The maximum atomic E-state index is 5.42. The lowest BCUT2D eigenvalue weighted by molar-refractivity contribution is 0.411. The first kappa shape index (κ1) is 22.4. The van der Waals surface area contributed by atoms with Crippen molar-refractivity contribution in [3.05, 3.63) is 83.4 Å². The summed E-state index contributed by atoms with van der Waals surface area (Å²) >= 11 is 0. The average Bonchev–Trinajstić information content (AvgIpc) is 3.22. The van der Waals surface area contributed by atoms with Gasteiger partial charge in [-0.2, -0.15) is 0 Å². The monoisotopic (exact) mass is 419 g/mol. The van der Waals surface area contributed by atoms with E-state index in [4.69, 9.17) is 9.73 Å². The van der Waals surface area contributed by atoms with E-state index in [0.29, 0.717) is 6.54 Å². The molecule has 0 amide bonds. The van der Waals surface area contributed by atoms with Gasteiger partial charge in [-0.05, 0) is 43.0 Å². The van der Waals surface area contributed by atoms with E-state index < -0.39 is 0 Å². The Morgan fingerprint density at radius 2 is 1.90 bits per heavy atom. The largest absolute Gasteiger partial charge is 0.496 e. The molecule has 0 aliphatic carbocycles. The summed E-state index contributed by atoms with van der Waals surface area (Å²) in [6.45, 7) is 7.28. The van der Waals surface area contributed by atoms with Gasteiger partial charge in [0, 0.05) is 45.0 Å². The SMILES string of the molecule is CCNC(=NCCc1nccn1Cc1ccccc1)NCCc1ccc(C)c(OC)c1. The Balaban J connectivity index is 1.51.